The van der Waals surface area contributed by atoms with Crippen LogP contribution in [0, 0.1) is 0 Å². The van der Waals surface area contributed by atoms with Gasteiger partial charge in [0.1, 0.15) is 5.01 Å². The van der Waals surface area contributed by atoms with Gasteiger partial charge in [0.15, 0.2) is 0 Å². The molecule has 2 heterocycles. The van der Waals surface area contributed by atoms with Crippen LogP contribution in [0.15, 0.2) is 30.3 Å². The molecule has 2 aliphatic rings. The molecule has 1 aliphatic heterocycles. The largest absolute Gasteiger partial charge is 0.319 e. The van der Waals surface area contributed by atoms with Gasteiger partial charge in [0.2, 0.25) is 0 Å². The third kappa shape index (κ3) is 2.52. The molecule has 0 radical (unpaired) electrons. The zero-order valence-corrected chi connectivity index (χ0v) is 13.0. The maximum absolute atomic E-state index is 6.43. The van der Waals surface area contributed by atoms with E-state index in [4.69, 9.17) is 10.7 Å². The lowest BCUT2D eigenvalue weighted by molar-refractivity contribution is 0.244. The molecule has 0 saturated heterocycles. The van der Waals surface area contributed by atoms with E-state index >= 15 is 0 Å². The predicted octanol–water partition coefficient (Wildman–Crippen LogP) is 3.04. The molecule has 0 atom stereocenters. The second-order valence-corrected chi connectivity index (χ2v) is 7.43. The molecule has 1 aromatic heterocycles. The lowest BCUT2D eigenvalue weighted by atomic mass is 9.78. The van der Waals surface area contributed by atoms with Gasteiger partial charge in [0, 0.05) is 30.9 Å². The molecule has 110 valence electrons. The number of rotatable bonds is 3. The Bertz CT molecular complexity index is 631. The van der Waals surface area contributed by atoms with Crippen molar-refractivity contribution in [2.45, 2.75) is 44.3 Å². The molecule has 1 aromatic carbocycles. The summed E-state index contributed by atoms with van der Waals surface area (Å²) in [7, 11) is 0. The van der Waals surface area contributed by atoms with E-state index in [0.717, 1.165) is 38.9 Å². The minimum Gasteiger partial charge on any atom is -0.319 e. The highest BCUT2D eigenvalue weighted by atomic mass is 32.1. The van der Waals surface area contributed by atoms with E-state index in [1.807, 2.05) is 11.3 Å². The van der Waals surface area contributed by atoms with E-state index in [2.05, 4.69) is 35.2 Å². The van der Waals surface area contributed by atoms with Gasteiger partial charge in [-0.2, -0.15) is 0 Å². The fourth-order valence-electron chi connectivity index (χ4n) is 3.21. The fourth-order valence-corrected chi connectivity index (χ4v) is 4.52. The maximum atomic E-state index is 6.43. The van der Waals surface area contributed by atoms with Gasteiger partial charge in [-0.1, -0.05) is 30.3 Å². The molecule has 2 aromatic rings. The van der Waals surface area contributed by atoms with Crippen LogP contribution >= 0.6 is 11.3 Å². The minimum absolute atomic E-state index is 0.105. The Morgan fingerprint density at radius 1 is 1.24 bits per heavy atom. The van der Waals surface area contributed by atoms with Gasteiger partial charge in [-0.3, -0.25) is 4.90 Å². The molecule has 21 heavy (non-hydrogen) atoms. The van der Waals surface area contributed by atoms with Crippen LogP contribution in [0.25, 0.3) is 0 Å². The van der Waals surface area contributed by atoms with E-state index in [-0.39, 0.29) is 5.54 Å². The van der Waals surface area contributed by atoms with Crippen molar-refractivity contribution in [1.29, 1.82) is 0 Å². The fraction of sp³-hybridized carbons (Fsp3) is 0.471. The van der Waals surface area contributed by atoms with Crippen LogP contribution in [0.4, 0.5) is 0 Å². The predicted molar refractivity (Wildman–Crippen MR) is 86.1 cm³/mol. The number of fused-ring (bicyclic) bond motifs is 1. The molecule has 2 N–H and O–H groups in total. The second kappa shape index (κ2) is 5.20. The number of aromatic nitrogens is 1. The third-order valence-corrected chi connectivity index (χ3v) is 6.03. The van der Waals surface area contributed by atoms with Crippen molar-refractivity contribution in [3.05, 3.63) is 51.5 Å². The van der Waals surface area contributed by atoms with Crippen molar-refractivity contribution >= 4 is 11.3 Å². The van der Waals surface area contributed by atoms with Gasteiger partial charge >= 0.3 is 0 Å². The Morgan fingerprint density at radius 2 is 2.05 bits per heavy atom. The van der Waals surface area contributed by atoms with E-state index < -0.39 is 0 Å². The van der Waals surface area contributed by atoms with Gasteiger partial charge < -0.3 is 5.73 Å². The summed E-state index contributed by atoms with van der Waals surface area (Å²) in [5.74, 6) is 0. The zero-order chi connectivity index (χ0) is 14.3. The van der Waals surface area contributed by atoms with Crippen LogP contribution in [0.5, 0.6) is 0 Å². The molecule has 0 spiro atoms. The molecule has 4 heteroatoms. The minimum atomic E-state index is -0.105. The number of hydrogen-bond donors (Lipinski definition) is 1. The quantitative estimate of drug-likeness (QED) is 0.947. The molecule has 4 rings (SSSR count). The van der Waals surface area contributed by atoms with Crippen LogP contribution in [-0.2, 0) is 25.0 Å². The van der Waals surface area contributed by atoms with Gasteiger partial charge in [0.25, 0.3) is 0 Å². The first kappa shape index (κ1) is 13.4. The molecule has 1 saturated carbocycles. The smallest absolute Gasteiger partial charge is 0.113 e. The molecular weight excluding hydrogens is 278 g/mol. The Kier molecular flexibility index (Phi) is 3.32. The second-order valence-electron chi connectivity index (χ2n) is 6.34. The maximum Gasteiger partial charge on any atom is 0.113 e. The molecule has 0 unspecified atom stereocenters. The summed E-state index contributed by atoms with van der Waals surface area (Å²) in [6.45, 7) is 3.15. The Labute approximate surface area is 129 Å². The van der Waals surface area contributed by atoms with E-state index in [1.54, 1.807) is 0 Å². The molecule has 0 amide bonds. The van der Waals surface area contributed by atoms with Crippen molar-refractivity contribution in [1.82, 2.24) is 9.88 Å². The highest BCUT2D eigenvalue weighted by molar-refractivity contribution is 7.11. The summed E-state index contributed by atoms with van der Waals surface area (Å²) < 4.78 is 0. The number of nitrogens with zero attached hydrogens (tertiary/aromatic N) is 2. The Morgan fingerprint density at radius 3 is 2.76 bits per heavy atom. The lowest BCUT2D eigenvalue weighted by Crippen LogP contribution is -2.43. The van der Waals surface area contributed by atoms with E-state index in [1.165, 1.54) is 27.6 Å². The Balaban J connectivity index is 1.50. The van der Waals surface area contributed by atoms with Crippen molar-refractivity contribution in [2.75, 3.05) is 6.54 Å². The van der Waals surface area contributed by atoms with Gasteiger partial charge in [-0.25, -0.2) is 4.98 Å². The molecule has 1 fully saturated rings. The van der Waals surface area contributed by atoms with Crippen molar-refractivity contribution in [3.8, 4) is 0 Å². The van der Waals surface area contributed by atoms with Crippen LogP contribution in [0.1, 0.15) is 40.4 Å². The van der Waals surface area contributed by atoms with Gasteiger partial charge in [-0.05, 0) is 24.8 Å². The average molecular weight is 299 g/mol. The summed E-state index contributed by atoms with van der Waals surface area (Å²) in [6, 6.07) is 10.7. The summed E-state index contributed by atoms with van der Waals surface area (Å²) >= 11 is 1.85. The lowest BCUT2D eigenvalue weighted by Gasteiger charge is -2.35. The summed E-state index contributed by atoms with van der Waals surface area (Å²) in [5, 5.41) is 1.18. The first-order chi connectivity index (χ1) is 10.2. The highest BCUT2D eigenvalue weighted by Gasteiger charge is 2.38. The zero-order valence-electron chi connectivity index (χ0n) is 12.2. The number of nitrogens with two attached hydrogens (primary N) is 1. The first-order valence-electron chi connectivity index (χ1n) is 7.77. The van der Waals surface area contributed by atoms with E-state index in [0.29, 0.717) is 0 Å². The Hall–Kier alpha value is -1.23. The van der Waals surface area contributed by atoms with Gasteiger partial charge in [0.05, 0.1) is 11.2 Å². The standard InChI is InChI=1S/C17H21N3S/c18-17(8-4-9-17)16-19-14-7-10-20(12-15(14)21-16)11-13-5-2-1-3-6-13/h1-3,5-6H,4,7-12,18H2. The monoisotopic (exact) mass is 299 g/mol. The normalized spacial score (nSPS) is 20.8. The molecule has 3 nitrogen and oxygen atoms in total. The van der Waals surface area contributed by atoms with Crippen LogP contribution in [0.2, 0.25) is 0 Å². The van der Waals surface area contributed by atoms with Crippen molar-refractivity contribution < 1.29 is 0 Å². The van der Waals surface area contributed by atoms with Crippen molar-refractivity contribution in [3.63, 3.8) is 0 Å². The number of benzene rings is 1. The van der Waals surface area contributed by atoms with E-state index in [9.17, 15) is 0 Å². The molecule has 0 bridgehead atoms. The SMILES string of the molecule is NC1(c2nc3c(s2)CN(Cc2ccccc2)CC3)CCC1. The molecule has 1 aliphatic carbocycles. The number of hydrogen-bond acceptors (Lipinski definition) is 4. The number of thiazole rings is 1. The van der Waals surface area contributed by atoms with Crippen LogP contribution in [0.3, 0.4) is 0 Å². The summed E-state index contributed by atoms with van der Waals surface area (Å²) in [4.78, 5) is 8.80. The molecular formula is C17H21N3S. The summed E-state index contributed by atoms with van der Waals surface area (Å²) in [6.07, 6.45) is 4.52. The van der Waals surface area contributed by atoms with Gasteiger partial charge in [-0.15, -0.1) is 11.3 Å². The van der Waals surface area contributed by atoms with Crippen LogP contribution < -0.4 is 5.73 Å². The third-order valence-electron chi connectivity index (χ3n) is 4.73. The first-order valence-corrected chi connectivity index (χ1v) is 8.59. The van der Waals surface area contributed by atoms with Crippen LogP contribution in [-0.4, -0.2) is 16.4 Å². The highest BCUT2D eigenvalue weighted by Crippen LogP contribution is 2.42. The van der Waals surface area contributed by atoms with Crippen molar-refractivity contribution in [2.24, 2.45) is 5.73 Å². The average Bonchev–Trinajstić information content (AvgIpc) is 2.89. The summed E-state index contributed by atoms with van der Waals surface area (Å²) in [5.41, 5.74) is 9.01. The topological polar surface area (TPSA) is 42.1 Å².